The minimum absolute atomic E-state index is 0.134. The van der Waals surface area contributed by atoms with Gasteiger partial charge in [0.1, 0.15) is 17.0 Å². The molecule has 0 aliphatic rings. The maximum atomic E-state index is 13.6. The number of hydrogen-bond acceptors (Lipinski definition) is 3. The van der Waals surface area contributed by atoms with Gasteiger partial charge >= 0.3 is 0 Å². The highest BCUT2D eigenvalue weighted by atomic mass is 19.1. The predicted molar refractivity (Wildman–Crippen MR) is 64.4 cm³/mol. The predicted octanol–water partition coefficient (Wildman–Crippen LogP) is 2.58. The van der Waals surface area contributed by atoms with Crippen LogP contribution in [0.15, 0.2) is 42.6 Å². The van der Waals surface area contributed by atoms with Crippen LogP contribution in [0.25, 0.3) is 16.6 Å². The first-order chi connectivity index (χ1) is 8.63. The fourth-order valence-corrected chi connectivity index (χ4v) is 1.82. The minimum Gasteiger partial charge on any atom is -0.508 e. The first kappa shape index (κ1) is 10.6. The zero-order chi connectivity index (χ0) is 12.7. The maximum absolute atomic E-state index is 13.6. The van der Waals surface area contributed by atoms with Crippen molar-refractivity contribution in [3.05, 3.63) is 48.4 Å². The lowest BCUT2D eigenvalue weighted by molar-refractivity contribution is 0.470. The molecule has 0 radical (unpaired) electrons. The molecule has 1 aromatic heterocycles. The Morgan fingerprint density at radius 1 is 1.00 bits per heavy atom. The molecule has 0 fully saturated rings. The Morgan fingerprint density at radius 3 is 2.44 bits per heavy atom. The van der Waals surface area contributed by atoms with Crippen LogP contribution in [0.3, 0.4) is 0 Å². The molecule has 0 bridgehead atoms. The highest BCUT2D eigenvalue weighted by Gasteiger charge is 2.09. The number of hydrogen-bond donors (Lipinski definition) is 2. The Balaban J connectivity index is 2.19. The molecule has 0 saturated heterocycles. The molecule has 2 aromatic carbocycles. The van der Waals surface area contributed by atoms with E-state index in [0.29, 0.717) is 11.1 Å². The molecule has 3 rings (SSSR count). The summed E-state index contributed by atoms with van der Waals surface area (Å²) in [5.74, 6) is -0.549. The van der Waals surface area contributed by atoms with Crippen molar-refractivity contribution in [1.82, 2.24) is 9.78 Å². The lowest BCUT2D eigenvalue weighted by atomic mass is 10.2. The smallest absolute Gasteiger partial charge is 0.154 e. The van der Waals surface area contributed by atoms with Crippen LogP contribution in [0, 0.1) is 5.82 Å². The third-order valence-electron chi connectivity index (χ3n) is 2.66. The summed E-state index contributed by atoms with van der Waals surface area (Å²) in [5, 5.41) is 23.1. The second-order valence-electron chi connectivity index (χ2n) is 3.96. The van der Waals surface area contributed by atoms with Gasteiger partial charge in [0.2, 0.25) is 0 Å². The van der Waals surface area contributed by atoms with Gasteiger partial charge in [-0.2, -0.15) is 5.10 Å². The number of phenols is 2. The standard InChI is InChI=1S/C13H9FN2O2/c14-12-6-11(18)5-8-7-16(15-13(8)12)9-1-3-10(17)4-2-9/h1-7,17-18H. The number of rotatable bonds is 1. The number of benzene rings is 2. The average Bonchev–Trinajstić information content (AvgIpc) is 2.74. The summed E-state index contributed by atoms with van der Waals surface area (Å²) in [6.45, 7) is 0. The molecule has 0 amide bonds. The van der Waals surface area contributed by atoms with E-state index >= 15 is 0 Å². The van der Waals surface area contributed by atoms with Crippen LogP contribution in [0.1, 0.15) is 0 Å². The van der Waals surface area contributed by atoms with Crippen molar-refractivity contribution in [2.45, 2.75) is 0 Å². The van der Waals surface area contributed by atoms with Crippen LogP contribution in [-0.2, 0) is 0 Å². The van der Waals surface area contributed by atoms with E-state index in [1.807, 2.05) is 0 Å². The molecule has 2 N–H and O–H groups in total. The number of halogens is 1. The summed E-state index contributed by atoms with van der Waals surface area (Å²) in [6, 6.07) is 8.85. The van der Waals surface area contributed by atoms with Gasteiger partial charge in [0.25, 0.3) is 0 Å². The van der Waals surface area contributed by atoms with Gasteiger partial charge in [0.05, 0.1) is 5.69 Å². The van der Waals surface area contributed by atoms with Crippen LogP contribution in [0.2, 0.25) is 0 Å². The molecular weight excluding hydrogens is 235 g/mol. The van der Waals surface area contributed by atoms with Gasteiger partial charge in [0.15, 0.2) is 5.82 Å². The van der Waals surface area contributed by atoms with Crippen molar-refractivity contribution in [2.24, 2.45) is 0 Å². The van der Waals surface area contributed by atoms with Crippen molar-refractivity contribution >= 4 is 10.9 Å². The zero-order valence-electron chi connectivity index (χ0n) is 9.21. The van der Waals surface area contributed by atoms with Gasteiger partial charge in [-0.05, 0) is 30.3 Å². The Labute approximate surface area is 102 Å². The normalized spacial score (nSPS) is 10.9. The first-order valence-corrected chi connectivity index (χ1v) is 5.31. The van der Waals surface area contributed by atoms with E-state index in [1.54, 1.807) is 18.3 Å². The van der Waals surface area contributed by atoms with Crippen LogP contribution in [-0.4, -0.2) is 20.0 Å². The summed E-state index contributed by atoms with van der Waals surface area (Å²) in [4.78, 5) is 0. The molecular formula is C13H9FN2O2. The van der Waals surface area contributed by atoms with Crippen LogP contribution < -0.4 is 0 Å². The number of aromatic hydroxyl groups is 2. The van der Waals surface area contributed by atoms with Crippen molar-refractivity contribution in [2.75, 3.05) is 0 Å². The Hall–Kier alpha value is -2.56. The molecule has 3 aromatic rings. The molecule has 90 valence electrons. The third kappa shape index (κ3) is 1.66. The quantitative estimate of drug-likeness (QED) is 0.691. The van der Waals surface area contributed by atoms with Crippen molar-refractivity contribution < 1.29 is 14.6 Å². The van der Waals surface area contributed by atoms with Crippen molar-refractivity contribution in [1.29, 1.82) is 0 Å². The highest BCUT2D eigenvalue weighted by Crippen LogP contribution is 2.24. The molecule has 0 aliphatic heterocycles. The lowest BCUT2D eigenvalue weighted by Crippen LogP contribution is -1.93. The summed E-state index contributed by atoms with van der Waals surface area (Å²) < 4.78 is 15.1. The van der Waals surface area contributed by atoms with Crippen LogP contribution >= 0.6 is 0 Å². The van der Waals surface area contributed by atoms with E-state index in [4.69, 9.17) is 0 Å². The summed E-state index contributed by atoms with van der Waals surface area (Å²) >= 11 is 0. The third-order valence-corrected chi connectivity index (χ3v) is 2.66. The molecule has 18 heavy (non-hydrogen) atoms. The Kier molecular flexibility index (Phi) is 2.19. The summed E-state index contributed by atoms with van der Waals surface area (Å²) in [6.07, 6.45) is 1.62. The van der Waals surface area contributed by atoms with E-state index in [9.17, 15) is 14.6 Å². The Morgan fingerprint density at radius 2 is 1.72 bits per heavy atom. The van der Waals surface area contributed by atoms with Crippen LogP contribution in [0.5, 0.6) is 11.5 Å². The van der Waals surface area contributed by atoms with E-state index in [1.165, 1.54) is 22.9 Å². The van der Waals surface area contributed by atoms with E-state index in [-0.39, 0.29) is 17.0 Å². The molecule has 0 unspecified atom stereocenters. The molecule has 1 heterocycles. The SMILES string of the molecule is Oc1ccc(-n2cc3cc(O)cc(F)c3n2)cc1. The largest absolute Gasteiger partial charge is 0.508 e. The number of nitrogens with zero attached hydrogens (tertiary/aromatic N) is 2. The molecule has 0 aliphatic carbocycles. The van der Waals surface area contributed by atoms with Crippen molar-refractivity contribution in [3.63, 3.8) is 0 Å². The lowest BCUT2D eigenvalue weighted by Gasteiger charge is -1.99. The van der Waals surface area contributed by atoms with E-state index in [2.05, 4.69) is 5.10 Å². The van der Waals surface area contributed by atoms with Gasteiger partial charge in [-0.3, -0.25) is 0 Å². The topological polar surface area (TPSA) is 58.3 Å². The number of phenolic OH excluding ortho intramolecular Hbond substituents is 2. The molecule has 0 atom stereocenters. The monoisotopic (exact) mass is 244 g/mol. The highest BCUT2D eigenvalue weighted by molar-refractivity contribution is 5.80. The fourth-order valence-electron chi connectivity index (χ4n) is 1.82. The van der Waals surface area contributed by atoms with Gasteiger partial charge in [-0.15, -0.1) is 0 Å². The van der Waals surface area contributed by atoms with Crippen molar-refractivity contribution in [3.8, 4) is 17.2 Å². The van der Waals surface area contributed by atoms with Gasteiger partial charge in [-0.25, -0.2) is 9.07 Å². The molecule has 0 spiro atoms. The van der Waals surface area contributed by atoms with E-state index in [0.717, 1.165) is 6.07 Å². The first-order valence-electron chi connectivity index (χ1n) is 5.31. The second kappa shape index (κ2) is 3.73. The molecule has 0 saturated carbocycles. The zero-order valence-corrected chi connectivity index (χ0v) is 9.21. The maximum Gasteiger partial charge on any atom is 0.154 e. The average molecular weight is 244 g/mol. The van der Waals surface area contributed by atoms with Gasteiger partial charge in [0, 0.05) is 17.6 Å². The molecule has 4 nitrogen and oxygen atoms in total. The minimum atomic E-state index is -0.567. The summed E-state index contributed by atoms with van der Waals surface area (Å²) in [7, 11) is 0. The summed E-state index contributed by atoms with van der Waals surface area (Å²) in [5.41, 5.74) is 0.892. The van der Waals surface area contributed by atoms with Gasteiger partial charge in [-0.1, -0.05) is 0 Å². The Bertz CT molecular complexity index is 720. The van der Waals surface area contributed by atoms with E-state index < -0.39 is 5.82 Å². The van der Waals surface area contributed by atoms with Gasteiger partial charge < -0.3 is 10.2 Å². The second-order valence-corrected chi connectivity index (χ2v) is 3.96. The number of fused-ring (bicyclic) bond motifs is 1. The molecule has 5 heteroatoms. The number of aromatic nitrogens is 2. The van der Waals surface area contributed by atoms with Crippen LogP contribution in [0.4, 0.5) is 4.39 Å². The fraction of sp³-hybridized carbons (Fsp3) is 0.